The lowest BCUT2D eigenvalue weighted by Crippen LogP contribution is -2.26. The molecule has 0 atom stereocenters. The topological polar surface area (TPSA) is 72.2 Å². The number of carboxylic acid groups (broad SMARTS) is 1. The fourth-order valence-corrected chi connectivity index (χ4v) is 2.12. The van der Waals surface area contributed by atoms with Gasteiger partial charge in [-0.25, -0.2) is 4.68 Å². The molecule has 0 aliphatic heterocycles. The predicted molar refractivity (Wildman–Crippen MR) is 80.6 cm³/mol. The molecule has 0 saturated carbocycles. The van der Waals surface area contributed by atoms with Crippen LogP contribution in [0.2, 0.25) is 5.02 Å². The summed E-state index contributed by atoms with van der Waals surface area (Å²) >= 11 is 5.86. The van der Waals surface area contributed by atoms with Crippen molar-refractivity contribution in [1.29, 1.82) is 0 Å². The van der Waals surface area contributed by atoms with Crippen molar-refractivity contribution in [3.63, 3.8) is 0 Å². The van der Waals surface area contributed by atoms with Crippen LogP contribution in [-0.4, -0.2) is 20.9 Å². The van der Waals surface area contributed by atoms with E-state index in [1.165, 1.54) is 4.68 Å². The first kappa shape index (κ1) is 15.3. The molecular weight excluding hydrogens is 292 g/mol. The SMILES string of the molecule is CCn1nc(-c2ccc(Cl)cc2)cc(CCC(=O)O)c1=O. The molecule has 0 saturated heterocycles. The van der Waals surface area contributed by atoms with Gasteiger partial charge in [0.15, 0.2) is 0 Å². The molecule has 0 aliphatic carbocycles. The van der Waals surface area contributed by atoms with Crippen LogP contribution in [0.5, 0.6) is 0 Å². The summed E-state index contributed by atoms with van der Waals surface area (Å²) in [6.45, 7) is 2.25. The molecule has 1 aromatic carbocycles. The highest BCUT2D eigenvalue weighted by molar-refractivity contribution is 6.30. The standard InChI is InChI=1S/C15H15ClN2O3/c1-2-18-15(21)11(5-8-14(19)20)9-13(17-18)10-3-6-12(16)7-4-10/h3-4,6-7,9H,2,5,8H2,1H3,(H,19,20). The highest BCUT2D eigenvalue weighted by Gasteiger charge is 2.10. The molecule has 0 aliphatic rings. The van der Waals surface area contributed by atoms with Gasteiger partial charge in [0, 0.05) is 29.1 Å². The fraction of sp³-hybridized carbons (Fsp3) is 0.267. The Labute approximate surface area is 126 Å². The van der Waals surface area contributed by atoms with Crippen LogP contribution in [-0.2, 0) is 17.8 Å². The van der Waals surface area contributed by atoms with Gasteiger partial charge in [-0.15, -0.1) is 0 Å². The van der Waals surface area contributed by atoms with Crippen molar-refractivity contribution >= 4 is 17.6 Å². The van der Waals surface area contributed by atoms with Crippen molar-refractivity contribution < 1.29 is 9.90 Å². The van der Waals surface area contributed by atoms with Gasteiger partial charge in [0.1, 0.15) is 0 Å². The third kappa shape index (κ3) is 3.70. The van der Waals surface area contributed by atoms with Crippen molar-refractivity contribution in [2.24, 2.45) is 0 Å². The summed E-state index contributed by atoms with van der Waals surface area (Å²) in [6.07, 6.45) is 0.111. The average Bonchev–Trinajstić information content (AvgIpc) is 2.47. The van der Waals surface area contributed by atoms with E-state index in [-0.39, 0.29) is 18.4 Å². The largest absolute Gasteiger partial charge is 0.481 e. The summed E-state index contributed by atoms with van der Waals surface area (Å²) in [5.41, 5.74) is 1.68. The highest BCUT2D eigenvalue weighted by atomic mass is 35.5. The van der Waals surface area contributed by atoms with Crippen molar-refractivity contribution in [3.8, 4) is 11.3 Å². The summed E-state index contributed by atoms with van der Waals surface area (Å²) < 4.78 is 1.35. The second-order valence-corrected chi connectivity index (χ2v) is 5.01. The third-order valence-electron chi connectivity index (χ3n) is 3.10. The Hall–Kier alpha value is -2.14. The van der Waals surface area contributed by atoms with E-state index in [4.69, 9.17) is 16.7 Å². The van der Waals surface area contributed by atoms with Crippen LogP contribution in [0.1, 0.15) is 18.9 Å². The van der Waals surface area contributed by atoms with E-state index < -0.39 is 5.97 Å². The van der Waals surface area contributed by atoms with Crippen LogP contribution in [0, 0.1) is 0 Å². The summed E-state index contributed by atoms with van der Waals surface area (Å²) in [4.78, 5) is 22.8. The molecule has 1 heterocycles. The zero-order valence-corrected chi connectivity index (χ0v) is 12.3. The third-order valence-corrected chi connectivity index (χ3v) is 3.35. The lowest BCUT2D eigenvalue weighted by Gasteiger charge is -2.09. The van der Waals surface area contributed by atoms with Gasteiger partial charge in [0.25, 0.3) is 5.56 Å². The van der Waals surface area contributed by atoms with Gasteiger partial charge in [0.2, 0.25) is 0 Å². The summed E-state index contributed by atoms with van der Waals surface area (Å²) in [5.74, 6) is -0.928. The van der Waals surface area contributed by atoms with Crippen LogP contribution in [0.25, 0.3) is 11.3 Å². The molecule has 2 aromatic rings. The number of carboxylic acids is 1. The molecule has 21 heavy (non-hydrogen) atoms. The van der Waals surface area contributed by atoms with Gasteiger partial charge < -0.3 is 5.11 Å². The molecule has 110 valence electrons. The molecule has 0 spiro atoms. The smallest absolute Gasteiger partial charge is 0.303 e. The number of aliphatic carboxylic acids is 1. The lowest BCUT2D eigenvalue weighted by atomic mass is 10.1. The maximum absolute atomic E-state index is 12.1. The van der Waals surface area contributed by atoms with Gasteiger partial charge in [-0.05, 0) is 31.5 Å². The van der Waals surface area contributed by atoms with Gasteiger partial charge >= 0.3 is 5.97 Å². The summed E-state index contributed by atoms with van der Waals surface area (Å²) in [7, 11) is 0. The lowest BCUT2D eigenvalue weighted by molar-refractivity contribution is -0.136. The van der Waals surface area contributed by atoms with Gasteiger partial charge in [-0.3, -0.25) is 9.59 Å². The molecule has 5 nitrogen and oxygen atoms in total. The van der Waals surface area contributed by atoms with E-state index in [2.05, 4.69) is 5.10 Å². The maximum Gasteiger partial charge on any atom is 0.303 e. The van der Waals surface area contributed by atoms with Crippen molar-refractivity contribution in [2.45, 2.75) is 26.3 Å². The van der Waals surface area contributed by atoms with E-state index in [0.29, 0.717) is 22.8 Å². The molecule has 0 unspecified atom stereocenters. The minimum atomic E-state index is -0.928. The van der Waals surface area contributed by atoms with Crippen LogP contribution in [0.15, 0.2) is 35.1 Å². The minimum Gasteiger partial charge on any atom is -0.481 e. The minimum absolute atomic E-state index is 0.0803. The molecule has 0 radical (unpaired) electrons. The number of aromatic nitrogens is 2. The number of halogens is 1. The Morgan fingerprint density at radius 2 is 2.00 bits per heavy atom. The number of hydrogen-bond acceptors (Lipinski definition) is 3. The monoisotopic (exact) mass is 306 g/mol. The van der Waals surface area contributed by atoms with E-state index in [0.717, 1.165) is 5.56 Å². The Morgan fingerprint density at radius 3 is 2.57 bits per heavy atom. The van der Waals surface area contributed by atoms with Gasteiger partial charge in [-0.2, -0.15) is 5.10 Å². The van der Waals surface area contributed by atoms with Crippen molar-refractivity contribution in [2.75, 3.05) is 0 Å². The van der Waals surface area contributed by atoms with Gasteiger partial charge in [0.05, 0.1) is 5.69 Å². The van der Waals surface area contributed by atoms with Crippen LogP contribution in [0.4, 0.5) is 0 Å². The number of aryl methyl sites for hydroxylation is 2. The van der Waals surface area contributed by atoms with E-state index >= 15 is 0 Å². The second-order valence-electron chi connectivity index (χ2n) is 4.58. The predicted octanol–water partition coefficient (Wildman–Crippen LogP) is 2.60. The first-order chi connectivity index (χ1) is 10.0. The maximum atomic E-state index is 12.1. The molecule has 2 rings (SSSR count). The normalized spacial score (nSPS) is 10.6. The number of hydrogen-bond donors (Lipinski definition) is 1. The second kappa shape index (κ2) is 6.54. The van der Waals surface area contributed by atoms with Crippen molar-refractivity contribution in [1.82, 2.24) is 9.78 Å². The zero-order chi connectivity index (χ0) is 15.4. The van der Waals surface area contributed by atoms with E-state index in [1.807, 2.05) is 19.1 Å². The first-order valence-corrected chi connectivity index (χ1v) is 6.98. The molecule has 6 heteroatoms. The summed E-state index contributed by atoms with van der Waals surface area (Å²) in [6, 6.07) is 8.78. The first-order valence-electron chi connectivity index (χ1n) is 6.60. The van der Waals surface area contributed by atoms with Crippen LogP contribution >= 0.6 is 11.6 Å². The summed E-state index contributed by atoms with van der Waals surface area (Å²) in [5, 5.41) is 13.7. The highest BCUT2D eigenvalue weighted by Crippen LogP contribution is 2.19. The average molecular weight is 307 g/mol. The Morgan fingerprint density at radius 1 is 1.33 bits per heavy atom. The number of carbonyl (C=O) groups is 1. The number of benzene rings is 1. The van der Waals surface area contributed by atoms with Gasteiger partial charge in [-0.1, -0.05) is 23.7 Å². The molecule has 0 amide bonds. The van der Waals surface area contributed by atoms with Crippen LogP contribution in [0.3, 0.4) is 0 Å². The van der Waals surface area contributed by atoms with E-state index in [1.54, 1.807) is 18.2 Å². The molecule has 0 bridgehead atoms. The van der Waals surface area contributed by atoms with Crippen LogP contribution < -0.4 is 5.56 Å². The Balaban J connectivity index is 2.46. The zero-order valence-electron chi connectivity index (χ0n) is 11.5. The molecular formula is C15H15ClN2O3. The number of nitrogens with zero attached hydrogens (tertiary/aromatic N) is 2. The Kier molecular flexibility index (Phi) is 4.75. The quantitative estimate of drug-likeness (QED) is 0.921. The Bertz CT molecular complexity index is 708. The number of rotatable bonds is 5. The van der Waals surface area contributed by atoms with E-state index in [9.17, 15) is 9.59 Å². The van der Waals surface area contributed by atoms with Crippen molar-refractivity contribution in [3.05, 3.63) is 51.3 Å². The molecule has 1 N–H and O–H groups in total. The fourth-order valence-electron chi connectivity index (χ4n) is 1.99. The molecule has 0 fully saturated rings. The molecule has 1 aromatic heterocycles.